The molecule has 5 rings (SSSR count). The SMILES string of the molecule is CCOC(=O)c1cccc([C@H]2CCN([C@@H]3CC[C@@](C(=O)N(C)c4cc(F)cc(C(F)(F)F)c4)(C4CC4)OC3)C[C@@H]2C)c1. The van der Waals surface area contributed by atoms with Gasteiger partial charge in [-0.1, -0.05) is 19.1 Å². The Morgan fingerprint density at radius 2 is 1.88 bits per heavy atom. The van der Waals surface area contributed by atoms with E-state index in [2.05, 4.69) is 17.9 Å². The molecule has 42 heavy (non-hydrogen) atoms. The standard InChI is InChI=1S/C32H38F4N2O4/c1-4-41-29(39)22-7-5-6-21(14-22)28-11-13-38(18-20(28)2)26-10-12-31(42-19-26,23-8-9-23)30(40)37(3)27-16-24(32(34,35)36)15-25(33)17-27/h5-7,14-17,20,23,26,28H,4,8-13,18-19H2,1-3H3/t20-,26+,28-,31-/m0/s1. The van der Waals surface area contributed by atoms with Gasteiger partial charge in [-0.3, -0.25) is 9.69 Å². The van der Waals surface area contributed by atoms with Crippen LogP contribution in [0.4, 0.5) is 23.2 Å². The summed E-state index contributed by atoms with van der Waals surface area (Å²) in [6, 6.07) is 9.97. The van der Waals surface area contributed by atoms with Gasteiger partial charge in [-0.2, -0.15) is 13.2 Å². The number of carbonyl (C=O) groups is 2. The summed E-state index contributed by atoms with van der Waals surface area (Å²) in [5.74, 6) is -1.16. The minimum atomic E-state index is -4.72. The number of nitrogens with zero attached hydrogens (tertiary/aromatic N) is 2. The molecule has 2 aliphatic heterocycles. The van der Waals surface area contributed by atoms with Crippen molar-refractivity contribution in [3.8, 4) is 0 Å². The number of rotatable bonds is 7. The summed E-state index contributed by atoms with van der Waals surface area (Å²) < 4.78 is 65.6. The molecule has 2 heterocycles. The van der Waals surface area contributed by atoms with E-state index in [1.165, 1.54) is 7.05 Å². The Hall–Kier alpha value is -2.98. The number of alkyl halides is 3. The molecule has 0 aromatic heterocycles. The number of anilines is 1. The van der Waals surface area contributed by atoms with Crippen molar-refractivity contribution in [1.29, 1.82) is 0 Å². The van der Waals surface area contributed by atoms with Crippen molar-refractivity contribution in [1.82, 2.24) is 4.90 Å². The lowest BCUT2D eigenvalue weighted by Crippen LogP contribution is -2.58. The number of esters is 1. The van der Waals surface area contributed by atoms with Crippen LogP contribution in [-0.4, -0.2) is 61.8 Å². The molecule has 1 saturated carbocycles. The Bertz CT molecular complexity index is 1300. The van der Waals surface area contributed by atoms with Crippen LogP contribution in [-0.2, 0) is 20.4 Å². The molecule has 10 heteroatoms. The van der Waals surface area contributed by atoms with Crippen molar-refractivity contribution in [2.45, 2.75) is 69.7 Å². The highest BCUT2D eigenvalue weighted by Gasteiger charge is 2.55. The third-order valence-electron chi connectivity index (χ3n) is 9.16. The molecule has 3 fully saturated rings. The van der Waals surface area contributed by atoms with Gasteiger partial charge in [-0.25, -0.2) is 9.18 Å². The molecule has 0 N–H and O–H groups in total. The van der Waals surface area contributed by atoms with Gasteiger partial charge in [0.1, 0.15) is 11.4 Å². The van der Waals surface area contributed by atoms with E-state index >= 15 is 0 Å². The van der Waals surface area contributed by atoms with Crippen LogP contribution in [0.25, 0.3) is 0 Å². The maximum absolute atomic E-state index is 14.1. The second kappa shape index (κ2) is 12.0. The van der Waals surface area contributed by atoms with Gasteiger partial charge in [0.25, 0.3) is 5.91 Å². The fraction of sp³-hybridized carbons (Fsp3) is 0.562. The number of carbonyl (C=O) groups excluding carboxylic acids is 2. The van der Waals surface area contributed by atoms with Crippen LogP contribution >= 0.6 is 0 Å². The van der Waals surface area contributed by atoms with E-state index in [0.717, 1.165) is 61.4 Å². The van der Waals surface area contributed by atoms with E-state index in [0.29, 0.717) is 43.1 Å². The van der Waals surface area contributed by atoms with Crippen LogP contribution in [0.2, 0.25) is 0 Å². The van der Waals surface area contributed by atoms with E-state index in [-0.39, 0.29) is 23.6 Å². The van der Waals surface area contributed by atoms with Gasteiger partial charge in [-0.05, 0) is 99.2 Å². The molecule has 1 amide bonds. The van der Waals surface area contributed by atoms with Crippen molar-refractivity contribution >= 4 is 17.6 Å². The first-order valence-electron chi connectivity index (χ1n) is 14.7. The van der Waals surface area contributed by atoms with Crippen molar-refractivity contribution in [2.24, 2.45) is 11.8 Å². The van der Waals surface area contributed by atoms with Crippen molar-refractivity contribution in [2.75, 3.05) is 38.3 Å². The predicted octanol–water partition coefficient (Wildman–Crippen LogP) is 6.44. The van der Waals surface area contributed by atoms with Gasteiger partial charge < -0.3 is 14.4 Å². The molecule has 0 unspecified atom stereocenters. The minimum Gasteiger partial charge on any atom is -0.462 e. The van der Waals surface area contributed by atoms with Crippen LogP contribution in [0.1, 0.15) is 73.4 Å². The first kappa shape index (κ1) is 30.5. The number of hydrogen-bond donors (Lipinski definition) is 0. The van der Waals surface area contributed by atoms with Crippen LogP contribution in [0.3, 0.4) is 0 Å². The monoisotopic (exact) mass is 590 g/mol. The fourth-order valence-electron chi connectivity index (χ4n) is 6.73. The van der Waals surface area contributed by atoms with Crippen LogP contribution in [0.15, 0.2) is 42.5 Å². The van der Waals surface area contributed by atoms with Crippen molar-refractivity contribution < 1.29 is 36.6 Å². The summed E-state index contributed by atoms with van der Waals surface area (Å²) >= 11 is 0. The first-order chi connectivity index (χ1) is 19.9. The molecule has 0 radical (unpaired) electrons. The van der Waals surface area contributed by atoms with E-state index in [4.69, 9.17) is 9.47 Å². The minimum absolute atomic E-state index is 0.000352. The van der Waals surface area contributed by atoms with Crippen LogP contribution in [0.5, 0.6) is 0 Å². The van der Waals surface area contributed by atoms with E-state index in [1.54, 1.807) is 13.0 Å². The van der Waals surface area contributed by atoms with Gasteiger partial charge in [-0.15, -0.1) is 0 Å². The summed E-state index contributed by atoms with van der Waals surface area (Å²) in [6.45, 7) is 6.36. The zero-order chi connectivity index (χ0) is 30.2. The van der Waals surface area contributed by atoms with E-state index in [9.17, 15) is 27.2 Å². The van der Waals surface area contributed by atoms with Gasteiger partial charge in [0.2, 0.25) is 0 Å². The lowest BCUT2D eigenvalue weighted by molar-refractivity contribution is -0.162. The molecule has 0 spiro atoms. The largest absolute Gasteiger partial charge is 0.462 e. The zero-order valence-electron chi connectivity index (χ0n) is 24.3. The van der Waals surface area contributed by atoms with Gasteiger partial charge in [0.05, 0.1) is 24.3 Å². The van der Waals surface area contributed by atoms with Crippen molar-refractivity contribution in [3.63, 3.8) is 0 Å². The summed E-state index contributed by atoms with van der Waals surface area (Å²) in [4.78, 5) is 29.5. The fourth-order valence-corrected chi connectivity index (χ4v) is 6.73. The van der Waals surface area contributed by atoms with Gasteiger partial charge >= 0.3 is 12.1 Å². The summed E-state index contributed by atoms with van der Waals surface area (Å²) in [7, 11) is 1.39. The molecule has 2 aromatic carbocycles. The quantitative estimate of drug-likeness (QED) is 0.275. The van der Waals surface area contributed by atoms with Gasteiger partial charge in [0, 0.05) is 25.3 Å². The molecule has 2 saturated heterocycles. The Kier molecular flexibility index (Phi) is 8.67. The number of benzene rings is 2. The number of hydrogen-bond acceptors (Lipinski definition) is 5. The third-order valence-corrected chi connectivity index (χ3v) is 9.16. The Balaban J connectivity index is 1.24. The topological polar surface area (TPSA) is 59.1 Å². The Morgan fingerprint density at radius 1 is 1.12 bits per heavy atom. The molecular formula is C32H38F4N2O4. The first-order valence-corrected chi connectivity index (χ1v) is 14.7. The maximum Gasteiger partial charge on any atom is 0.416 e. The number of likely N-dealkylation sites (N-methyl/N-ethyl adjacent to an activating group) is 1. The zero-order valence-corrected chi connectivity index (χ0v) is 24.3. The highest BCUT2D eigenvalue weighted by Crippen LogP contribution is 2.49. The number of amides is 1. The predicted molar refractivity (Wildman–Crippen MR) is 150 cm³/mol. The van der Waals surface area contributed by atoms with Crippen LogP contribution in [0, 0.1) is 17.7 Å². The maximum atomic E-state index is 14.1. The number of piperidine rings is 1. The normalized spacial score (nSPS) is 27.0. The second-order valence-electron chi connectivity index (χ2n) is 11.9. The molecule has 3 aliphatic rings. The molecule has 2 aromatic rings. The molecular weight excluding hydrogens is 552 g/mol. The third kappa shape index (κ3) is 6.20. The smallest absolute Gasteiger partial charge is 0.416 e. The summed E-state index contributed by atoms with van der Waals surface area (Å²) in [6.07, 6.45) is -0.993. The number of likely N-dealkylation sites (tertiary alicyclic amines) is 1. The Labute approximate surface area is 244 Å². The van der Waals surface area contributed by atoms with E-state index < -0.39 is 29.1 Å². The molecule has 1 aliphatic carbocycles. The second-order valence-corrected chi connectivity index (χ2v) is 11.9. The average Bonchev–Trinajstić information content (AvgIpc) is 3.82. The highest BCUT2D eigenvalue weighted by atomic mass is 19.4. The summed E-state index contributed by atoms with van der Waals surface area (Å²) in [5, 5.41) is 0. The summed E-state index contributed by atoms with van der Waals surface area (Å²) in [5.41, 5.74) is -0.704. The molecule has 0 bridgehead atoms. The molecule has 4 atom stereocenters. The number of ether oxygens (including phenoxy) is 2. The number of halogens is 4. The van der Waals surface area contributed by atoms with Crippen molar-refractivity contribution in [3.05, 3.63) is 65.0 Å². The lowest BCUT2D eigenvalue weighted by atomic mass is 9.79. The average molecular weight is 591 g/mol. The highest BCUT2D eigenvalue weighted by molar-refractivity contribution is 5.99. The van der Waals surface area contributed by atoms with E-state index in [1.807, 2.05) is 12.1 Å². The molecule has 6 nitrogen and oxygen atoms in total. The lowest BCUT2D eigenvalue weighted by Gasteiger charge is -2.47. The Morgan fingerprint density at radius 3 is 2.50 bits per heavy atom. The molecule has 228 valence electrons. The van der Waals surface area contributed by atoms with Gasteiger partial charge in [0.15, 0.2) is 0 Å². The van der Waals surface area contributed by atoms with Crippen LogP contribution < -0.4 is 4.90 Å².